The first-order valence-electron chi connectivity index (χ1n) is 9.09. The topological polar surface area (TPSA) is 90.4 Å². The lowest BCUT2D eigenvalue weighted by Gasteiger charge is -2.08. The molecular formula is C21H18N6O2. The Hall–Kier alpha value is -3.94. The molecule has 5 aromatic rings. The summed E-state index contributed by atoms with van der Waals surface area (Å²) in [4.78, 5) is 4.61. The normalized spacial score (nSPS) is 11.4. The van der Waals surface area contributed by atoms with Crippen molar-refractivity contribution in [3.05, 3.63) is 60.0 Å². The van der Waals surface area contributed by atoms with E-state index >= 15 is 0 Å². The fourth-order valence-corrected chi connectivity index (χ4v) is 3.55. The maximum atomic E-state index is 10.4. The highest BCUT2D eigenvalue weighted by Crippen LogP contribution is 2.32. The van der Waals surface area contributed by atoms with Gasteiger partial charge in [0, 0.05) is 6.07 Å². The minimum absolute atomic E-state index is 0.0599. The number of fused-ring (bicyclic) bond motifs is 3. The number of ether oxygens (including phenoxy) is 1. The van der Waals surface area contributed by atoms with E-state index < -0.39 is 0 Å². The first-order chi connectivity index (χ1) is 14.1. The summed E-state index contributed by atoms with van der Waals surface area (Å²) in [5.74, 6) is 1.12. The lowest BCUT2D eigenvalue weighted by molar-refractivity contribution is 0.408. The number of rotatable bonds is 3. The summed E-state index contributed by atoms with van der Waals surface area (Å²) in [6, 6.07) is 11.3. The average molecular weight is 386 g/mol. The van der Waals surface area contributed by atoms with Crippen LogP contribution in [0, 0.1) is 13.8 Å². The third kappa shape index (κ3) is 2.60. The van der Waals surface area contributed by atoms with Gasteiger partial charge in [0.25, 0.3) is 0 Å². The van der Waals surface area contributed by atoms with Crippen molar-refractivity contribution in [2.75, 3.05) is 7.11 Å². The van der Waals surface area contributed by atoms with Crippen molar-refractivity contribution in [1.82, 2.24) is 29.4 Å². The van der Waals surface area contributed by atoms with Crippen molar-refractivity contribution in [1.29, 1.82) is 0 Å². The van der Waals surface area contributed by atoms with Gasteiger partial charge in [-0.25, -0.2) is 9.67 Å². The smallest absolute Gasteiger partial charge is 0.175 e. The van der Waals surface area contributed by atoms with Gasteiger partial charge in [-0.3, -0.25) is 4.40 Å². The van der Waals surface area contributed by atoms with E-state index in [0.29, 0.717) is 28.4 Å². The Balaban J connectivity index is 1.69. The Bertz CT molecular complexity index is 1390. The summed E-state index contributed by atoms with van der Waals surface area (Å²) in [6.45, 7) is 4.11. The van der Waals surface area contributed by atoms with Gasteiger partial charge in [-0.15, -0.1) is 10.2 Å². The van der Waals surface area contributed by atoms with Gasteiger partial charge in [-0.2, -0.15) is 5.10 Å². The predicted octanol–water partition coefficient (Wildman–Crippen LogP) is 3.46. The minimum Gasteiger partial charge on any atom is -0.507 e. The zero-order valence-electron chi connectivity index (χ0n) is 16.2. The summed E-state index contributed by atoms with van der Waals surface area (Å²) in [7, 11) is 1.55. The van der Waals surface area contributed by atoms with Crippen molar-refractivity contribution in [3.63, 3.8) is 0 Å². The van der Waals surface area contributed by atoms with Crippen LogP contribution in [-0.2, 0) is 0 Å². The maximum absolute atomic E-state index is 10.4. The van der Waals surface area contributed by atoms with Crippen LogP contribution < -0.4 is 4.74 Å². The Morgan fingerprint density at radius 3 is 2.62 bits per heavy atom. The molecule has 0 atom stereocenters. The van der Waals surface area contributed by atoms with Crippen LogP contribution in [0.5, 0.6) is 11.5 Å². The van der Waals surface area contributed by atoms with E-state index in [9.17, 15) is 5.11 Å². The molecule has 5 rings (SSSR count). The molecule has 1 N–H and O–H groups in total. The Kier molecular flexibility index (Phi) is 3.73. The van der Waals surface area contributed by atoms with E-state index in [-0.39, 0.29) is 5.75 Å². The molecule has 2 aromatic carbocycles. The fraction of sp³-hybridized carbons (Fsp3) is 0.143. The summed E-state index contributed by atoms with van der Waals surface area (Å²) in [6.07, 6.45) is 3.39. The predicted molar refractivity (Wildman–Crippen MR) is 109 cm³/mol. The SMILES string of the molecule is COc1ccc(-c2nnc3c4cnn(-c5ccc(C)cc5C)c4ncn23)c(O)c1. The van der Waals surface area contributed by atoms with Gasteiger partial charge < -0.3 is 9.84 Å². The van der Waals surface area contributed by atoms with E-state index in [1.54, 1.807) is 42.2 Å². The summed E-state index contributed by atoms with van der Waals surface area (Å²) < 4.78 is 8.70. The summed E-state index contributed by atoms with van der Waals surface area (Å²) >= 11 is 0. The third-order valence-corrected chi connectivity index (χ3v) is 5.00. The van der Waals surface area contributed by atoms with Gasteiger partial charge >= 0.3 is 0 Å². The lowest BCUT2D eigenvalue weighted by atomic mass is 10.1. The second-order valence-electron chi connectivity index (χ2n) is 6.93. The molecule has 144 valence electrons. The van der Waals surface area contributed by atoms with Gasteiger partial charge in [-0.1, -0.05) is 17.7 Å². The monoisotopic (exact) mass is 386 g/mol. The number of aromatic hydroxyl groups is 1. The Morgan fingerprint density at radius 2 is 1.86 bits per heavy atom. The van der Waals surface area contributed by atoms with Crippen LogP contribution in [0.15, 0.2) is 48.9 Å². The van der Waals surface area contributed by atoms with Gasteiger partial charge in [-0.05, 0) is 37.6 Å². The molecule has 0 saturated heterocycles. The minimum atomic E-state index is 0.0599. The number of aromatic nitrogens is 6. The Morgan fingerprint density at radius 1 is 1.00 bits per heavy atom. The lowest BCUT2D eigenvalue weighted by Crippen LogP contribution is -2.01. The van der Waals surface area contributed by atoms with Gasteiger partial charge in [0.2, 0.25) is 0 Å². The number of benzene rings is 2. The summed E-state index contributed by atoms with van der Waals surface area (Å²) in [5, 5.41) is 24.3. The largest absolute Gasteiger partial charge is 0.507 e. The number of nitrogens with zero attached hydrogens (tertiary/aromatic N) is 6. The fourth-order valence-electron chi connectivity index (χ4n) is 3.55. The molecule has 0 bridgehead atoms. The molecule has 0 radical (unpaired) electrons. The van der Waals surface area contributed by atoms with Gasteiger partial charge in [0.1, 0.15) is 17.8 Å². The van der Waals surface area contributed by atoms with Crippen LogP contribution >= 0.6 is 0 Å². The number of hydrogen-bond donors (Lipinski definition) is 1. The molecule has 0 spiro atoms. The Labute approximate surface area is 166 Å². The number of methoxy groups -OCH3 is 1. The summed E-state index contributed by atoms with van der Waals surface area (Å²) in [5.41, 5.74) is 5.14. The molecule has 0 saturated carbocycles. The molecule has 0 amide bonds. The van der Waals surface area contributed by atoms with E-state index in [1.807, 2.05) is 10.7 Å². The second-order valence-corrected chi connectivity index (χ2v) is 6.93. The molecular weight excluding hydrogens is 368 g/mol. The van der Waals surface area contributed by atoms with Gasteiger partial charge in [0.15, 0.2) is 17.1 Å². The molecule has 3 heterocycles. The third-order valence-electron chi connectivity index (χ3n) is 5.00. The first-order valence-corrected chi connectivity index (χ1v) is 9.09. The molecule has 0 aliphatic rings. The van der Waals surface area contributed by atoms with Crippen LogP contribution in [-0.4, -0.2) is 41.6 Å². The molecule has 8 nitrogen and oxygen atoms in total. The van der Waals surface area contributed by atoms with Gasteiger partial charge in [0.05, 0.1) is 29.9 Å². The van der Waals surface area contributed by atoms with E-state index in [4.69, 9.17) is 4.74 Å². The van der Waals surface area contributed by atoms with Crippen molar-refractivity contribution in [3.8, 4) is 28.6 Å². The molecule has 8 heteroatoms. The highest BCUT2D eigenvalue weighted by Gasteiger charge is 2.18. The standard InChI is InChI=1S/C21H18N6O2/c1-12-4-7-17(13(2)8-12)27-19-16(10-23-27)21-25-24-20(26(21)11-22-19)15-6-5-14(29-3)9-18(15)28/h4-11,28H,1-3H3. The van der Waals surface area contributed by atoms with Crippen LogP contribution in [0.25, 0.3) is 33.8 Å². The molecule has 0 unspecified atom stereocenters. The number of aryl methyl sites for hydroxylation is 2. The average Bonchev–Trinajstić information content (AvgIpc) is 3.32. The highest BCUT2D eigenvalue weighted by molar-refractivity contribution is 5.90. The zero-order valence-corrected chi connectivity index (χ0v) is 16.2. The highest BCUT2D eigenvalue weighted by atomic mass is 16.5. The van der Waals surface area contributed by atoms with Crippen molar-refractivity contribution >= 4 is 16.7 Å². The van der Waals surface area contributed by atoms with Crippen LogP contribution in [0.2, 0.25) is 0 Å². The first kappa shape index (κ1) is 17.2. The number of hydrogen-bond acceptors (Lipinski definition) is 6. The van der Waals surface area contributed by atoms with Crippen molar-refractivity contribution in [2.45, 2.75) is 13.8 Å². The number of phenolic OH excluding ortho intramolecular Hbond substituents is 1. The van der Waals surface area contributed by atoms with Crippen LogP contribution in [0.4, 0.5) is 0 Å². The van der Waals surface area contributed by atoms with E-state index in [0.717, 1.165) is 16.6 Å². The quantitative estimate of drug-likeness (QED) is 0.511. The van der Waals surface area contributed by atoms with Crippen molar-refractivity contribution < 1.29 is 9.84 Å². The molecule has 0 aliphatic carbocycles. The molecule has 0 fully saturated rings. The van der Waals surface area contributed by atoms with Crippen molar-refractivity contribution in [2.24, 2.45) is 0 Å². The molecule has 3 aromatic heterocycles. The molecule has 0 aliphatic heterocycles. The zero-order chi connectivity index (χ0) is 20.1. The molecule has 29 heavy (non-hydrogen) atoms. The van der Waals surface area contributed by atoms with E-state index in [2.05, 4.69) is 46.3 Å². The van der Waals surface area contributed by atoms with Crippen LogP contribution in [0.1, 0.15) is 11.1 Å². The van der Waals surface area contributed by atoms with Crippen LogP contribution in [0.3, 0.4) is 0 Å². The second kappa shape index (κ2) is 6.30. The van der Waals surface area contributed by atoms with E-state index in [1.165, 1.54) is 5.56 Å². The maximum Gasteiger partial charge on any atom is 0.175 e. The number of phenols is 1.